The van der Waals surface area contributed by atoms with Crippen LogP contribution in [0.4, 0.5) is 5.69 Å². The number of rotatable bonds is 4. The van der Waals surface area contributed by atoms with Crippen molar-refractivity contribution in [3.63, 3.8) is 0 Å². The van der Waals surface area contributed by atoms with Gasteiger partial charge in [0, 0.05) is 11.8 Å². The molecule has 0 aliphatic carbocycles. The normalized spacial score (nSPS) is 9.88. The lowest BCUT2D eigenvalue weighted by atomic mass is 10.1. The molecule has 1 rings (SSSR count). The van der Waals surface area contributed by atoms with Gasteiger partial charge in [0.05, 0.1) is 12.0 Å². The summed E-state index contributed by atoms with van der Waals surface area (Å²) in [5.74, 6) is -0.0233. The molecule has 0 spiro atoms. The molecule has 0 aliphatic heterocycles. The molecular formula is C10H11NO4S. The van der Waals surface area contributed by atoms with Gasteiger partial charge in [-0.3, -0.25) is 10.1 Å². The van der Waals surface area contributed by atoms with Crippen LogP contribution in [0.2, 0.25) is 0 Å². The van der Waals surface area contributed by atoms with Crippen LogP contribution in [0.1, 0.15) is 15.9 Å². The maximum atomic E-state index is 11.3. The van der Waals surface area contributed by atoms with Gasteiger partial charge in [0.25, 0.3) is 5.69 Å². The van der Waals surface area contributed by atoms with Gasteiger partial charge in [-0.15, -0.1) is 0 Å². The quantitative estimate of drug-likeness (QED) is 0.459. The largest absolute Gasteiger partial charge is 0.465 e. The van der Waals surface area contributed by atoms with Crippen LogP contribution in [-0.2, 0) is 10.5 Å². The summed E-state index contributed by atoms with van der Waals surface area (Å²) in [6.45, 7) is 0. The Morgan fingerprint density at radius 2 is 2.25 bits per heavy atom. The smallest absolute Gasteiger partial charge is 0.344 e. The summed E-state index contributed by atoms with van der Waals surface area (Å²) >= 11 is 1.56. The number of carbonyl (C=O) groups excluding carboxylic acids is 1. The molecule has 0 saturated carbocycles. The minimum atomic E-state index is -0.692. The predicted molar refractivity (Wildman–Crippen MR) is 61.7 cm³/mol. The van der Waals surface area contributed by atoms with E-state index in [9.17, 15) is 14.9 Å². The molecule has 0 atom stereocenters. The van der Waals surface area contributed by atoms with E-state index in [2.05, 4.69) is 4.74 Å². The number of thioether (sulfide) groups is 1. The van der Waals surface area contributed by atoms with Crippen molar-refractivity contribution in [1.82, 2.24) is 0 Å². The molecule has 0 saturated heterocycles. The first-order chi connectivity index (χ1) is 7.60. The minimum Gasteiger partial charge on any atom is -0.465 e. The zero-order chi connectivity index (χ0) is 12.1. The highest BCUT2D eigenvalue weighted by atomic mass is 32.2. The molecule has 0 bridgehead atoms. The Bertz CT molecular complexity index is 419. The Hall–Kier alpha value is -1.56. The molecular weight excluding hydrogens is 230 g/mol. The Kier molecular flexibility index (Phi) is 4.30. The standard InChI is InChI=1S/C10H11NO4S/c1-15-10(12)8-4-3-7(6-16-2)5-9(8)11(13)14/h3-5H,6H2,1-2H3. The van der Waals surface area contributed by atoms with Gasteiger partial charge in [-0.05, 0) is 17.9 Å². The van der Waals surface area contributed by atoms with Gasteiger partial charge in [-0.1, -0.05) is 6.07 Å². The minimum absolute atomic E-state index is 0.0163. The van der Waals surface area contributed by atoms with E-state index in [-0.39, 0.29) is 11.3 Å². The molecule has 5 nitrogen and oxygen atoms in total. The number of methoxy groups -OCH3 is 1. The molecule has 0 N–H and O–H groups in total. The second-order valence-electron chi connectivity index (χ2n) is 3.03. The monoisotopic (exact) mass is 241 g/mol. The topological polar surface area (TPSA) is 69.4 Å². The number of esters is 1. The van der Waals surface area contributed by atoms with Crippen molar-refractivity contribution >= 4 is 23.4 Å². The van der Waals surface area contributed by atoms with Crippen molar-refractivity contribution < 1.29 is 14.5 Å². The number of ether oxygens (including phenoxy) is 1. The van der Waals surface area contributed by atoms with Crippen LogP contribution < -0.4 is 0 Å². The summed E-state index contributed by atoms with van der Waals surface area (Å²) in [6.07, 6.45) is 1.90. The van der Waals surface area contributed by atoms with E-state index in [0.717, 1.165) is 5.56 Å². The molecule has 6 heteroatoms. The Morgan fingerprint density at radius 3 is 2.75 bits per heavy atom. The fourth-order valence-electron chi connectivity index (χ4n) is 1.27. The SMILES string of the molecule is COC(=O)c1ccc(CSC)cc1[N+](=O)[O-]. The molecule has 1 aromatic carbocycles. The Balaban J connectivity index is 3.19. The van der Waals surface area contributed by atoms with Gasteiger partial charge in [0.1, 0.15) is 5.56 Å². The lowest BCUT2D eigenvalue weighted by Crippen LogP contribution is -2.06. The highest BCUT2D eigenvalue weighted by Gasteiger charge is 2.20. The Labute approximate surface area is 96.9 Å². The van der Waals surface area contributed by atoms with E-state index < -0.39 is 10.9 Å². The number of hydrogen-bond donors (Lipinski definition) is 0. The van der Waals surface area contributed by atoms with Crippen LogP contribution in [0.3, 0.4) is 0 Å². The van der Waals surface area contributed by atoms with Crippen molar-refractivity contribution in [3.05, 3.63) is 39.4 Å². The molecule has 0 unspecified atom stereocenters. The zero-order valence-electron chi connectivity index (χ0n) is 8.93. The van der Waals surface area contributed by atoms with E-state index in [4.69, 9.17) is 0 Å². The molecule has 1 aromatic rings. The van der Waals surface area contributed by atoms with Crippen molar-refractivity contribution in [2.75, 3.05) is 13.4 Å². The molecule has 0 radical (unpaired) electrons. The van der Waals surface area contributed by atoms with Crippen LogP contribution in [0.5, 0.6) is 0 Å². The number of nitrogens with zero attached hydrogens (tertiary/aromatic N) is 1. The second kappa shape index (κ2) is 5.50. The van der Waals surface area contributed by atoms with Crippen molar-refractivity contribution in [2.45, 2.75) is 5.75 Å². The van der Waals surface area contributed by atoms with Gasteiger partial charge >= 0.3 is 5.97 Å². The highest BCUT2D eigenvalue weighted by molar-refractivity contribution is 7.97. The number of benzene rings is 1. The van der Waals surface area contributed by atoms with Gasteiger partial charge in [-0.2, -0.15) is 11.8 Å². The average Bonchev–Trinajstić information content (AvgIpc) is 2.28. The van der Waals surface area contributed by atoms with Gasteiger partial charge in [0.2, 0.25) is 0 Å². The van der Waals surface area contributed by atoms with Crippen LogP contribution in [-0.4, -0.2) is 24.3 Å². The number of nitro benzene ring substituents is 1. The summed E-state index contributed by atoms with van der Waals surface area (Å²) in [6, 6.07) is 4.52. The highest BCUT2D eigenvalue weighted by Crippen LogP contribution is 2.23. The number of nitro groups is 1. The number of hydrogen-bond acceptors (Lipinski definition) is 5. The van der Waals surface area contributed by atoms with Gasteiger partial charge < -0.3 is 4.74 Å². The van der Waals surface area contributed by atoms with E-state index in [1.54, 1.807) is 17.8 Å². The first-order valence-corrected chi connectivity index (χ1v) is 5.84. The molecule has 0 fully saturated rings. The molecule has 86 valence electrons. The predicted octanol–water partition coefficient (Wildman–Crippen LogP) is 2.24. The first-order valence-electron chi connectivity index (χ1n) is 4.44. The maximum absolute atomic E-state index is 11.3. The number of carbonyl (C=O) groups is 1. The maximum Gasteiger partial charge on any atom is 0.344 e. The van der Waals surface area contributed by atoms with Crippen LogP contribution >= 0.6 is 11.8 Å². The van der Waals surface area contributed by atoms with E-state index in [1.165, 1.54) is 19.2 Å². The van der Waals surface area contributed by atoms with Gasteiger partial charge in [0.15, 0.2) is 0 Å². The lowest BCUT2D eigenvalue weighted by Gasteiger charge is -2.03. The van der Waals surface area contributed by atoms with Crippen molar-refractivity contribution in [1.29, 1.82) is 0 Å². The summed E-state index contributed by atoms with van der Waals surface area (Å²) in [5, 5.41) is 10.8. The Morgan fingerprint density at radius 1 is 1.56 bits per heavy atom. The van der Waals surface area contributed by atoms with Gasteiger partial charge in [-0.25, -0.2) is 4.79 Å². The summed E-state index contributed by atoms with van der Waals surface area (Å²) in [5.41, 5.74) is 0.586. The summed E-state index contributed by atoms with van der Waals surface area (Å²) < 4.78 is 4.48. The van der Waals surface area contributed by atoms with E-state index in [0.29, 0.717) is 5.75 Å². The van der Waals surface area contributed by atoms with E-state index in [1.807, 2.05) is 6.26 Å². The zero-order valence-corrected chi connectivity index (χ0v) is 9.74. The lowest BCUT2D eigenvalue weighted by molar-refractivity contribution is -0.385. The first kappa shape index (κ1) is 12.5. The van der Waals surface area contributed by atoms with Crippen LogP contribution in [0, 0.1) is 10.1 Å². The third kappa shape index (κ3) is 2.73. The van der Waals surface area contributed by atoms with E-state index >= 15 is 0 Å². The molecule has 0 heterocycles. The van der Waals surface area contributed by atoms with Crippen LogP contribution in [0.25, 0.3) is 0 Å². The van der Waals surface area contributed by atoms with Crippen molar-refractivity contribution in [3.8, 4) is 0 Å². The van der Waals surface area contributed by atoms with Crippen molar-refractivity contribution in [2.24, 2.45) is 0 Å². The summed E-state index contributed by atoms with van der Waals surface area (Å²) in [4.78, 5) is 21.5. The third-order valence-corrected chi connectivity index (χ3v) is 2.60. The fourth-order valence-corrected chi connectivity index (χ4v) is 1.78. The van der Waals surface area contributed by atoms with Crippen LogP contribution in [0.15, 0.2) is 18.2 Å². The second-order valence-corrected chi connectivity index (χ2v) is 3.90. The summed E-state index contributed by atoms with van der Waals surface area (Å²) in [7, 11) is 1.20. The fraction of sp³-hybridized carbons (Fsp3) is 0.300. The molecule has 0 amide bonds. The third-order valence-electron chi connectivity index (χ3n) is 1.98. The molecule has 0 aliphatic rings. The molecule has 16 heavy (non-hydrogen) atoms. The average molecular weight is 241 g/mol. The molecule has 0 aromatic heterocycles.